The molecule has 0 amide bonds. The number of carboxylic acids is 1. The molecule has 1 saturated carbocycles. The summed E-state index contributed by atoms with van der Waals surface area (Å²) in [6.07, 6.45) is 19.6. The van der Waals surface area contributed by atoms with E-state index in [4.69, 9.17) is 11.6 Å². The third-order valence-corrected chi connectivity index (χ3v) is 10.5. The van der Waals surface area contributed by atoms with Gasteiger partial charge in [-0.25, -0.2) is 4.79 Å². The van der Waals surface area contributed by atoms with Crippen molar-refractivity contribution < 1.29 is 9.90 Å². The van der Waals surface area contributed by atoms with E-state index in [9.17, 15) is 9.90 Å². The molecular formula is C30H38ClN3O2S. The van der Waals surface area contributed by atoms with Crippen molar-refractivity contribution >= 4 is 34.4 Å². The Hall–Kier alpha value is -1.76. The lowest BCUT2D eigenvalue weighted by Crippen LogP contribution is -2.36. The van der Waals surface area contributed by atoms with E-state index in [1.165, 1.54) is 117 Å². The van der Waals surface area contributed by atoms with E-state index in [1.807, 2.05) is 0 Å². The molecule has 5 nitrogen and oxygen atoms in total. The molecule has 3 aliphatic carbocycles. The first-order valence-corrected chi connectivity index (χ1v) is 15.5. The summed E-state index contributed by atoms with van der Waals surface area (Å²) in [6.45, 7) is 5.71. The Morgan fingerprint density at radius 3 is 2.49 bits per heavy atom. The van der Waals surface area contributed by atoms with Crippen LogP contribution in [0.5, 0.6) is 0 Å². The molecule has 3 aliphatic heterocycles. The number of allylic oxidation sites excluding steroid dienone is 7. The smallest absolute Gasteiger partial charge is 0.361 e. The largest absolute Gasteiger partial charge is 0.476 e. The SMILES string of the molecule is O=C(O)C1=NCC2=C(S1)C1=C(C3CCCCC3)C3=CC=C(Cl)C3C1=CN(CCN1CCCCCCC1)C2. The Bertz CT molecular complexity index is 1130. The highest BCUT2D eigenvalue weighted by atomic mass is 35.5. The average Bonchev–Trinajstić information content (AvgIpc) is 3.36. The molecule has 7 heteroatoms. The quantitative estimate of drug-likeness (QED) is 0.432. The number of thioether (sulfide) groups is 1. The minimum absolute atomic E-state index is 0.0948. The van der Waals surface area contributed by atoms with Gasteiger partial charge in [0, 0.05) is 41.7 Å². The molecule has 6 rings (SSSR count). The van der Waals surface area contributed by atoms with Crippen molar-refractivity contribution in [2.24, 2.45) is 16.8 Å². The maximum absolute atomic E-state index is 12.0. The molecule has 3 heterocycles. The van der Waals surface area contributed by atoms with Gasteiger partial charge in [0.15, 0.2) is 5.04 Å². The Labute approximate surface area is 230 Å². The van der Waals surface area contributed by atoms with Crippen LogP contribution < -0.4 is 0 Å². The minimum atomic E-state index is -0.921. The predicted molar refractivity (Wildman–Crippen MR) is 153 cm³/mol. The van der Waals surface area contributed by atoms with Gasteiger partial charge >= 0.3 is 5.97 Å². The number of fused-ring (bicyclic) bond motifs is 4. The number of hydrogen-bond donors (Lipinski definition) is 1. The van der Waals surface area contributed by atoms with Gasteiger partial charge in [0.1, 0.15) is 0 Å². The molecule has 0 aromatic rings. The molecule has 0 spiro atoms. The zero-order valence-electron chi connectivity index (χ0n) is 21.7. The molecule has 0 aromatic heterocycles. The topological polar surface area (TPSA) is 56.1 Å². The average molecular weight is 540 g/mol. The number of likely N-dealkylation sites (tertiary alicyclic amines) is 1. The molecule has 1 atom stereocenters. The van der Waals surface area contributed by atoms with Gasteiger partial charge in [-0.15, -0.1) is 0 Å². The van der Waals surface area contributed by atoms with E-state index in [0.29, 0.717) is 12.5 Å². The molecule has 2 fully saturated rings. The number of hydrogen-bond acceptors (Lipinski definition) is 5. The molecule has 1 N–H and O–H groups in total. The first-order chi connectivity index (χ1) is 18.1. The Morgan fingerprint density at radius 1 is 1.00 bits per heavy atom. The maximum Gasteiger partial charge on any atom is 0.361 e. The highest BCUT2D eigenvalue weighted by Gasteiger charge is 2.44. The third-order valence-electron chi connectivity index (χ3n) is 8.91. The van der Waals surface area contributed by atoms with E-state index in [0.717, 1.165) is 29.6 Å². The van der Waals surface area contributed by atoms with Gasteiger partial charge in [0.05, 0.1) is 6.54 Å². The summed E-state index contributed by atoms with van der Waals surface area (Å²) in [6, 6.07) is 0. The van der Waals surface area contributed by atoms with Crippen molar-refractivity contribution in [1.29, 1.82) is 0 Å². The summed E-state index contributed by atoms with van der Waals surface area (Å²) >= 11 is 8.28. The first-order valence-electron chi connectivity index (χ1n) is 14.3. The van der Waals surface area contributed by atoms with Gasteiger partial charge in [-0.2, -0.15) is 0 Å². The molecular weight excluding hydrogens is 502 g/mol. The monoisotopic (exact) mass is 539 g/mol. The zero-order valence-corrected chi connectivity index (χ0v) is 23.3. The zero-order chi connectivity index (χ0) is 25.4. The van der Waals surface area contributed by atoms with Gasteiger partial charge < -0.3 is 14.9 Å². The van der Waals surface area contributed by atoms with Crippen LogP contribution in [0.1, 0.15) is 64.2 Å². The van der Waals surface area contributed by atoms with Crippen LogP contribution in [0.3, 0.4) is 0 Å². The van der Waals surface area contributed by atoms with E-state index >= 15 is 0 Å². The maximum atomic E-state index is 12.0. The Kier molecular flexibility index (Phi) is 7.69. The van der Waals surface area contributed by atoms with Crippen molar-refractivity contribution in [3.8, 4) is 0 Å². The van der Waals surface area contributed by atoms with Crippen molar-refractivity contribution in [2.45, 2.75) is 64.2 Å². The van der Waals surface area contributed by atoms with Gasteiger partial charge in [0.2, 0.25) is 0 Å². The van der Waals surface area contributed by atoms with Crippen LogP contribution in [-0.2, 0) is 4.79 Å². The summed E-state index contributed by atoms with van der Waals surface area (Å²) in [5, 5.41) is 10.9. The normalized spacial score (nSPS) is 27.4. The lowest BCUT2D eigenvalue weighted by Gasteiger charge is -2.29. The molecule has 6 aliphatic rings. The van der Waals surface area contributed by atoms with Crippen LogP contribution in [0, 0.1) is 11.8 Å². The van der Waals surface area contributed by atoms with Gasteiger partial charge in [-0.1, -0.05) is 68.0 Å². The highest BCUT2D eigenvalue weighted by Crippen LogP contribution is 2.58. The van der Waals surface area contributed by atoms with Crippen LogP contribution in [0.25, 0.3) is 0 Å². The van der Waals surface area contributed by atoms with E-state index in [2.05, 4.69) is 33.1 Å². The minimum Gasteiger partial charge on any atom is -0.476 e. The first kappa shape index (κ1) is 25.5. The summed E-state index contributed by atoms with van der Waals surface area (Å²) < 4.78 is 0. The standard InChI is InChI=1S/C30H38ClN3O2S/c31-24-12-11-22-25(20-9-5-4-6-10-20)27-23(26(22)24)19-34(16-15-33-13-7-2-1-3-8-14-33)18-21-17-32-29(30(35)36)37-28(21)27/h11-12,19-20,26H,1-10,13-18H2,(H,35,36). The fourth-order valence-corrected chi connectivity index (χ4v) is 8.39. The van der Waals surface area contributed by atoms with Gasteiger partial charge in [-0.05, 0) is 78.6 Å². The fourth-order valence-electron chi connectivity index (χ4n) is 7.08. The van der Waals surface area contributed by atoms with Crippen molar-refractivity contribution in [3.05, 3.63) is 56.2 Å². The van der Waals surface area contributed by atoms with Crippen molar-refractivity contribution in [2.75, 3.05) is 39.3 Å². The summed E-state index contributed by atoms with van der Waals surface area (Å²) in [5.74, 6) is -0.304. The van der Waals surface area contributed by atoms with Crippen LogP contribution >= 0.6 is 23.4 Å². The van der Waals surface area contributed by atoms with E-state index in [1.54, 1.807) is 0 Å². The van der Waals surface area contributed by atoms with Gasteiger partial charge in [-0.3, -0.25) is 4.99 Å². The second-order valence-electron chi connectivity index (χ2n) is 11.4. The number of nitrogens with zero attached hydrogens (tertiary/aromatic N) is 3. The van der Waals surface area contributed by atoms with Crippen molar-refractivity contribution in [3.63, 3.8) is 0 Å². The summed E-state index contributed by atoms with van der Waals surface area (Å²) in [4.78, 5) is 22.7. The van der Waals surface area contributed by atoms with E-state index < -0.39 is 5.97 Å². The predicted octanol–water partition coefficient (Wildman–Crippen LogP) is 6.51. The number of aliphatic imine (C=N–C) groups is 1. The molecule has 198 valence electrons. The van der Waals surface area contributed by atoms with Crippen molar-refractivity contribution in [1.82, 2.24) is 9.80 Å². The van der Waals surface area contributed by atoms with Gasteiger partial charge in [0.25, 0.3) is 0 Å². The molecule has 37 heavy (non-hydrogen) atoms. The number of rotatable bonds is 5. The Balaban J connectivity index is 1.37. The molecule has 1 saturated heterocycles. The lowest BCUT2D eigenvalue weighted by molar-refractivity contribution is -0.129. The highest BCUT2D eigenvalue weighted by molar-refractivity contribution is 8.19. The molecule has 1 unspecified atom stereocenters. The number of carboxylic acid groups (broad SMARTS) is 1. The number of carbonyl (C=O) groups is 1. The van der Waals surface area contributed by atoms with E-state index in [-0.39, 0.29) is 11.0 Å². The van der Waals surface area contributed by atoms with Crippen LogP contribution in [0.2, 0.25) is 0 Å². The number of halogens is 1. The molecule has 0 bridgehead atoms. The fraction of sp³-hybridized carbons (Fsp3) is 0.600. The second-order valence-corrected chi connectivity index (χ2v) is 12.8. The van der Waals surface area contributed by atoms with Crippen LogP contribution in [0.4, 0.5) is 0 Å². The van der Waals surface area contributed by atoms with Crippen LogP contribution in [0.15, 0.2) is 61.1 Å². The summed E-state index contributed by atoms with van der Waals surface area (Å²) in [5.41, 5.74) is 6.63. The molecule has 0 radical (unpaired) electrons. The lowest BCUT2D eigenvalue weighted by atomic mass is 9.80. The Morgan fingerprint density at radius 2 is 1.73 bits per heavy atom. The number of aliphatic carboxylic acids is 1. The van der Waals surface area contributed by atoms with Crippen LogP contribution in [-0.4, -0.2) is 65.2 Å². The molecule has 0 aromatic carbocycles. The second kappa shape index (κ2) is 11.2. The third kappa shape index (κ3) is 5.14. The summed E-state index contributed by atoms with van der Waals surface area (Å²) in [7, 11) is 0.